The van der Waals surface area contributed by atoms with Gasteiger partial charge in [-0.1, -0.05) is 23.7 Å². The largest absolute Gasteiger partial charge is 0.452 e. The molecule has 0 radical (unpaired) electrons. The molecule has 0 aromatic heterocycles. The molecule has 0 unspecified atom stereocenters. The van der Waals surface area contributed by atoms with Crippen LogP contribution in [0.1, 0.15) is 10.4 Å². The first-order valence-corrected chi connectivity index (χ1v) is 5.40. The van der Waals surface area contributed by atoms with E-state index in [2.05, 4.69) is 0 Å². The lowest BCUT2D eigenvalue weighted by atomic mass is 10.2. The third-order valence-corrected chi connectivity index (χ3v) is 2.67. The Morgan fingerprint density at radius 2 is 1.59 bits per heavy atom. The Morgan fingerprint density at radius 1 is 0.882 bits per heavy atom. The van der Waals surface area contributed by atoms with Crippen molar-refractivity contribution in [2.45, 2.75) is 0 Å². The quantitative estimate of drug-likeness (QED) is 0.526. The van der Waals surface area contributed by atoms with Gasteiger partial charge in [0.25, 0.3) is 0 Å². The van der Waals surface area contributed by atoms with E-state index in [-0.39, 0.29) is 0 Å². The zero-order valence-corrected chi connectivity index (χ0v) is 9.40. The number of hydrogen-bond donors (Lipinski definition) is 0. The van der Waals surface area contributed by atoms with Gasteiger partial charge in [0, 0.05) is 11.1 Å². The molecule has 0 saturated carbocycles. The van der Waals surface area contributed by atoms with Gasteiger partial charge in [-0.25, -0.2) is 4.79 Å². The summed E-state index contributed by atoms with van der Waals surface area (Å²) in [6.45, 7) is 0. The summed E-state index contributed by atoms with van der Waals surface area (Å²) in [6.07, 6.45) is 0. The number of rotatable bonds is 0. The molecule has 1 aliphatic rings. The van der Waals surface area contributed by atoms with Gasteiger partial charge in [-0.2, -0.15) is 0 Å². The highest BCUT2D eigenvalue weighted by molar-refractivity contribution is 6.30. The van der Waals surface area contributed by atoms with Crippen molar-refractivity contribution in [1.82, 2.24) is 0 Å². The summed E-state index contributed by atoms with van der Waals surface area (Å²) in [7, 11) is 0. The molecule has 0 spiro atoms. The van der Waals surface area contributed by atoms with E-state index in [1.54, 1.807) is 36.4 Å². The summed E-state index contributed by atoms with van der Waals surface area (Å²) >= 11 is 5.87. The second kappa shape index (κ2) is 3.79. The monoisotopic (exact) mass is 246 g/mol. The van der Waals surface area contributed by atoms with Crippen LogP contribution in [0.25, 0.3) is 0 Å². The van der Waals surface area contributed by atoms with Gasteiger partial charge in [0.15, 0.2) is 11.5 Å². The van der Waals surface area contributed by atoms with E-state index in [1.165, 1.54) is 0 Å². The first-order chi connectivity index (χ1) is 8.24. The van der Waals surface area contributed by atoms with E-state index < -0.39 is 5.97 Å². The standard InChI is InChI=1S/C13H7ClO3/c14-8-5-6-9-12(7-8)16-10-3-1-2-4-11(10)17-13(9)15/h1-7H. The zero-order valence-electron chi connectivity index (χ0n) is 8.64. The maximum Gasteiger partial charge on any atom is 0.347 e. The molecule has 2 aromatic rings. The Balaban J connectivity index is 2.18. The van der Waals surface area contributed by atoms with Crippen molar-refractivity contribution in [1.29, 1.82) is 0 Å². The van der Waals surface area contributed by atoms with Crippen molar-refractivity contribution < 1.29 is 14.3 Å². The molecule has 0 aliphatic carbocycles. The smallest absolute Gasteiger partial charge is 0.347 e. The minimum atomic E-state index is -0.443. The maximum absolute atomic E-state index is 11.8. The van der Waals surface area contributed by atoms with E-state index in [4.69, 9.17) is 21.1 Å². The molecular weight excluding hydrogens is 240 g/mol. The van der Waals surface area contributed by atoms with E-state index >= 15 is 0 Å². The molecule has 0 N–H and O–H groups in total. The predicted molar refractivity (Wildman–Crippen MR) is 62.9 cm³/mol. The molecule has 0 saturated heterocycles. The average molecular weight is 247 g/mol. The van der Waals surface area contributed by atoms with E-state index in [1.807, 2.05) is 6.07 Å². The number of hydrogen-bond acceptors (Lipinski definition) is 3. The highest BCUT2D eigenvalue weighted by Crippen LogP contribution is 2.37. The lowest BCUT2D eigenvalue weighted by Gasteiger charge is -2.05. The van der Waals surface area contributed by atoms with Crippen LogP contribution >= 0.6 is 11.6 Å². The molecule has 4 heteroatoms. The van der Waals surface area contributed by atoms with Crippen LogP contribution < -0.4 is 9.47 Å². The van der Waals surface area contributed by atoms with E-state index in [0.29, 0.717) is 27.8 Å². The van der Waals surface area contributed by atoms with Crippen LogP contribution in [-0.4, -0.2) is 5.97 Å². The summed E-state index contributed by atoms with van der Waals surface area (Å²) in [5.74, 6) is 0.876. The van der Waals surface area contributed by atoms with E-state index in [0.717, 1.165) is 0 Å². The highest BCUT2D eigenvalue weighted by atomic mass is 35.5. The van der Waals surface area contributed by atoms with Crippen LogP contribution in [-0.2, 0) is 0 Å². The Labute approximate surface area is 103 Å². The number of carbonyl (C=O) groups excluding carboxylic acids is 1. The molecule has 84 valence electrons. The molecule has 0 fully saturated rings. The second-order valence-corrected chi connectivity index (χ2v) is 4.02. The van der Waals surface area contributed by atoms with Crippen molar-refractivity contribution in [2.24, 2.45) is 0 Å². The molecule has 3 rings (SSSR count). The highest BCUT2D eigenvalue weighted by Gasteiger charge is 2.22. The number of benzene rings is 2. The molecule has 0 bridgehead atoms. The summed E-state index contributed by atoms with van der Waals surface area (Å²) in [5.41, 5.74) is 0.366. The van der Waals surface area contributed by atoms with Crippen molar-refractivity contribution >= 4 is 17.6 Å². The van der Waals surface area contributed by atoms with Gasteiger partial charge in [-0.15, -0.1) is 0 Å². The SMILES string of the molecule is O=C1Oc2ccccc2Oc2cc(Cl)ccc21. The molecular formula is C13H7ClO3. The van der Waals surface area contributed by atoms with Gasteiger partial charge >= 0.3 is 5.97 Å². The van der Waals surface area contributed by atoms with Crippen LogP contribution in [0.5, 0.6) is 17.2 Å². The van der Waals surface area contributed by atoms with Crippen LogP contribution in [0, 0.1) is 0 Å². The topological polar surface area (TPSA) is 35.5 Å². The van der Waals surface area contributed by atoms with Crippen molar-refractivity contribution in [3.8, 4) is 17.2 Å². The van der Waals surface area contributed by atoms with Crippen LogP contribution in [0.3, 0.4) is 0 Å². The minimum Gasteiger partial charge on any atom is -0.452 e. The number of para-hydroxylation sites is 2. The molecule has 1 aliphatic heterocycles. The molecule has 2 aromatic carbocycles. The molecule has 3 nitrogen and oxygen atoms in total. The van der Waals surface area contributed by atoms with Crippen molar-refractivity contribution in [2.75, 3.05) is 0 Å². The van der Waals surface area contributed by atoms with Crippen molar-refractivity contribution in [3.05, 3.63) is 53.1 Å². The summed E-state index contributed by atoms with van der Waals surface area (Å²) in [6, 6.07) is 11.8. The number of ether oxygens (including phenoxy) is 2. The Bertz CT molecular complexity index is 607. The van der Waals surface area contributed by atoms with Gasteiger partial charge in [-0.05, 0) is 24.3 Å². The number of halogens is 1. The van der Waals surface area contributed by atoms with Gasteiger partial charge < -0.3 is 9.47 Å². The van der Waals surface area contributed by atoms with Crippen molar-refractivity contribution in [3.63, 3.8) is 0 Å². The molecule has 0 amide bonds. The third-order valence-electron chi connectivity index (χ3n) is 2.44. The lowest BCUT2D eigenvalue weighted by molar-refractivity contribution is 0.0737. The van der Waals surface area contributed by atoms with Crippen LogP contribution in [0.15, 0.2) is 42.5 Å². The molecule has 0 atom stereocenters. The fourth-order valence-electron chi connectivity index (χ4n) is 1.64. The minimum absolute atomic E-state index is 0.366. The first kappa shape index (κ1) is 10.2. The fraction of sp³-hybridized carbons (Fsp3) is 0. The summed E-state index contributed by atoms with van der Waals surface area (Å²) < 4.78 is 10.8. The van der Waals surface area contributed by atoms with Crippen LogP contribution in [0.2, 0.25) is 5.02 Å². The number of carbonyl (C=O) groups is 1. The van der Waals surface area contributed by atoms with Gasteiger partial charge in [0.05, 0.1) is 0 Å². The van der Waals surface area contributed by atoms with E-state index in [9.17, 15) is 4.79 Å². The van der Waals surface area contributed by atoms with Gasteiger partial charge in [-0.3, -0.25) is 0 Å². The Morgan fingerprint density at radius 3 is 2.35 bits per heavy atom. The number of fused-ring (bicyclic) bond motifs is 2. The predicted octanol–water partition coefficient (Wildman–Crippen LogP) is 3.66. The molecule has 1 heterocycles. The Hall–Kier alpha value is -2.00. The van der Waals surface area contributed by atoms with Gasteiger partial charge in [0.2, 0.25) is 0 Å². The summed E-state index contributed by atoms with van der Waals surface area (Å²) in [5, 5.41) is 0.510. The Kier molecular flexibility index (Phi) is 2.27. The maximum atomic E-state index is 11.8. The average Bonchev–Trinajstić information content (AvgIpc) is 2.44. The lowest BCUT2D eigenvalue weighted by Crippen LogP contribution is -2.06. The zero-order chi connectivity index (χ0) is 11.8. The second-order valence-electron chi connectivity index (χ2n) is 3.58. The van der Waals surface area contributed by atoms with Crippen LogP contribution in [0.4, 0.5) is 0 Å². The summed E-state index contributed by atoms with van der Waals surface area (Å²) in [4.78, 5) is 11.8. The molecule has 17 heavy (non-hydrogen) atoms. The van der Waals surface area contributed by atoms with Gasteiger partial charge in [0.1, 0.15) is 11.3 Å². The normalized spacial score (nSPS) is 12.9. The number of esters is 1. The fourth-order valence-corrected chi connectivity index (χ4v) is 1.80. The first-order valence-electron chi connectivity index (χ1n) is 5.02. The third kappa shape index (κ3) is 1.74.